The second-order valence-electron chi connectivity index (χ2n) is 5.47. The molecule has 3 rings (SSSR count). The first-order valence-corrected chi connectivity index (χ1v) is 8.73. The van der Waals surface area contributed by atoms with E-state index in [-0.39, 0.29) is 0 Å². The standard InChI is InChI=1S/C20H19BrN2O2/c1-24-18-10-7-16(13-23-20-4-2-3-11-22-20)12-19(18)25-14-15-5-8-17(21)9-6-15/h2-12H,13-14H2,1H3,(H,22,23). The Balaban J connectivity index is 1.67. The van der Waals surface area contributed by atoms with Crippen LogP contribution in [0.2, 0.25) is 0 Å². The molecule has 2 aromatic carbocycles. The minimum atomic E-state index is 0.487. The van der Waals surface area contributed by atoms with Gasteiger partial charge in [0.15, 0.2) is 11.5 Å². The minimum Gasteiger partial charge on any atom is -0.493 e. The quantitative estimate of drug-likeness (QED) is 0.604. The van der Waals surface area contributed by atoms with Crippen LogP contribution in [0.15, 0.2) is 71.3 Å². The van der Waals surface area contributed by atoms with E-state index < -0.39 is 0 Å². The van der Waals surface area contributed by atoms with E-state index in [0.29, 0.717) is 13.2 Å². The molecule has 3 aromatic rings. The third-order valence-electron chi connectivity index (χ3n) is 3.67. The third-order valence-corrected chi connectivity index (χ3v) is 4.20. The monoisotopic (exact) mass is 398 g/mol. The van der Waals surface area contributed by atoms with Crippen molar-refractivity contribution in [1.82, 2.24) is 4.98 Å². The van der Waals surface area contributed by atoms with Gasteiger partial charge in [0.05, 0.1) is 7.11 Å². The number of benzene rings is 2. The van der Waals surface area contributed by atoms with Gasteiger partial charge in [0.1, 0.15) is 12.4 Å². The van der Waals surface area contributed by atoms with Gasteiger partial charge < -0.3 is 14.8 Å². The molecule has 0 bridgehead atoms. The van der Waals surface area contributed by atoms with E-state index in [9.17, 15) is 0 Å². The highest BCUT2D eigenvalue weighted by Crippen LogP contribution is 2.29. The summed E-state index contributed by atoms with van der Waals surface area (Å²) in [5.74, 6) is 2.29. The number of methoxy groups -OCH3 is 1. The molecule has 4 nitrogen and oxygen atoms in total. The smallest absolute Gasteiger partial charge is 0.162 e. The van der Waals surface area contributed by atoms with Crippen molar-refractivity contribution in [3.05, 3.63) is 82.5 Å². The third kappa shape index (κ3) is 4.97. The number of aromatic nitrogens is 1. The Morgan fingerprint density at radius 1 is 0.960 bits per heavy atom. The van der Waals surface area contributed by atoms with Gasteiger partial charge in [-0.3, -0.25) is 0 Å². The lowest BCUT2D eigenvalue weighted by atomic mass is 10.2. The van der Waals surface area contributed by atoms with Crippen molar-refractivity contribution in [3.63, 3.8) is 0 Å². The maximum Gasteiger partial charge on any atom is 0.162 e. The summed E-state index contributed by atoms with van der Waals surface area (Å²) >= 11 is 3.44. The van der Waals surface area contributed by atoms with Gasteiger partial charge >= 0.3 is 0 Å². The fraction of sp³-hybridized carbons (Fsp3) is 0.150. The van der Waals surface area contributed by atoms with Crippen molar-refractivity contribution in [1.29, 1.82) is 0 Å². The SMILES string of the molecule is COc1ccc(CNc2ccccn2)cc1OCc1ccc(Br)cc1. The molecule has 0 aliphatic rings. The molecule has 1 aromatic heterocycles. The molecule has 0 amide bonds. The summed E-state index contributed by atoms with van der Waals surface area (Å²) in [4.78, 5) is 4.26. The highest BCUT2D eigenvalue weighted by atomic mass is 79.9. The first kappa shape index (κ1) is 17.3. The fourth-order valence-electron chi connectivity index (χ4n) is 2.35. The summed E-state index contributed by atoms with van der Waals surface area (Å²) in [7, 11) is 1.65. The van der Waals surface area contributed by atoms with E-state index in [0.717, 1.165) is 32.9 Å². The zero-order valence-electron chi connectivity index (χ0n) is 13.9. The normalized spacial score (nSPS) is 10.3. The van der Waals surface area contributed by atoms with Crippen molar-refractivity contribution in [3.8, 4) is 11.5 Å². The molecule has 0 aliphatic heterocycles. The van der Waals surface area contributed by atoms with Crippen LogP contribution in [0.25, 0.3) is 0 Å². The molecule has 0 saturated heterocycles. The number of anilines is 1. The van der Waals surface area contributed by atoms with Crippen LogP contribution in [0.4, 0.5) is 5.82 Å². The number of nitrogens with one attached hydrogen (secondary N) is 1. The highest BCUT2D eigenvalue weighted by molar-refractivity contribution is 9.10. The van der Waals surface area contributed by atoms with Crippen molar-refractivity contribution < 1.29 is 9.47 Å². The largest absolute Gasteiger partial charge is 0.493 e. The molecule has 0 atom stereocenters. The van der Waals surface area contributed by atoms with E-state index in [1.165, 1.54) is 0 Å². The van der Waals surface area contributed by atoms with Crippen molar-refractivity contribution in [2.75, 3.05) is 12.4 Å². The molecule has 1 heterocycles. The molecule has 128 valence electrons. The van der Waals surface area contributed by atoms with Crippen molar-refractivity contribution >= 4 is 21.7 Å². The second kappa shape index (κ2) is 8.53. The lowest BCUT2D eigenvalue weighted by Gasteiger charge is -2.13. The summed E-state index contributed by atoms with van der Waals surface area (Å²) in [6.07, 6.45) is 1.77. The predicted molar refractivity (Wildman–Crippen MR) is 103 cm³/mol. The summed E-state index contributed by atoms with van der Waals surface area (Å²) in [5.41, 5.74) is 2.19. The average molecular weight is 399 g/mol. The van der Waals surface area contributed by atoms with E-state index >= 15 is 0 Å². The van der Waals surface area contributed by atoms with Crippen LogP contribution in [0.5, 0.6) is 11.5 Å². The number of pyridine rings is 1. The first-order chi connectivity index (χ1) is 12.2. The number of halogens is 1. The molecule has 0 spiro atoms. The Morgan fingerprint density at radius 3 is 2.48 bits per heavy atom. The number of rotatable bonds is 7. The maximum absolute atomic E-state index is 5.96. The van der Waals surface area contributed by atoms with Gasteiger partial charge in [-0.1, -0.05) is 40.2 Å². The summed E-state index contributed by atoms with van der Waals surface area (Å²) in [5, 5.41) is 3.29. The summed E-state index contributed by atoms with van der Waals surface area (Å²) < 4.78 is 12.4. The van der Waals surface area contributed by atoms with Gasteiger partial charge in [-0.15, -0.1) is 0 Å². The Morgan fingerprint density at radius 2 is 1.76 bits per heavy atom. The lowest BCUT2D eigenvalue weighted by Crippen LogP contribution is -2.03. The number of hydrogen-bond donors (Lipinski definition) is 1. The van der Waals surface area contributed by atoms with Crippen molar-refractivity contribution in [2.24, 2.45) is 0 Å². The summed E-state index contributed by atoms with van der Waals surface area (Å²) in [6.45, 7) is 1.15. The zero-order chi connectivity index (χ0) is 17.5. The Kier molecular flexibility index (Phi) is 5.90. The molecular weight excluding hydrogens is 380 g/mol. The number of ether oxygens (including phenoxy) is 2. The molecular formula is C20H19BrN2O2. The fourth-order valence-corrected chi connectivity index (χ4v) is 2.61. The molecule has 0 radical (unpaired) electrons. The van der Waals surface area contributed by atoms with E-state index in [4.69, 9.17) is 9.47 Å². The topological polar surface area (TPSA) is 43.4 Å². The Bertz CT molecular complexity index is 808. The molecule has 1 N–H and O–H groups in total. The van der Waals surface area contributed by atoms with Gasteiger partial charge in [-0.2, -0.15) is 0 Å². The molecule has 0 unspecified atom stereocenters. The Hall–Kier alpha value is -2.53. The van der Waals surface area contributed by atoms with Crippen molar-refractivity contribution in [2.45, 2.75) is 13.2 Å². The van der Waals surface area contributed by atoms with Gasteiger partial charge in [0, 0.05) is 17.2 Å². The molecule has 0 fully saturated rings. The minimum absolute atomic E-state index is 0.487. The van der Waals surface area contributed by atoms with Crippen LogP contribution < -0.4 is 14.8 Å². The zero-order valence-corrected chi connectivity index (χ0v) is 15.5. The van der Waals surface area contributed by atoms with Gasteiger partial charge in [0.25, 0.3) is 0 Å². The molecule has 0 saturated carbocycles. The molecule has 25 heavy (non-hydrogen) atoms. The van der Waals surface area contributed by atoms with Gasteiger partial charge in [-0.25, -0.2) is 4.98 Å². The first-order valence-electron chi connectivity index (χ1n) is 7.93. The van der Waals surface area contributed by atoms with E-state index in [1.807, 2.05) is 60.7 Å². The van der Waals surface area contributed by atoms with Crippen LogP contribution in [-0.4, -0.2) is 12.1 Å². The number of hydrogen-bond acceptors (Lipinski definition) is 4. The van der Waals surface area contributed by atoms with Crippen LogP contribution in [0.3, 0.4) is 0 Å². The van der Waals surface area contributed by atoms with Gasteiger partial charge in [0.2, 0.25) is 0 Å². The second-order valence-corrected chi connectivity index (χ2v) is 6.38. The summed E-state index contributed by atoms with van der Waals surface area (Å²) in [6, 6.07) is 19.8. The van der Waals surface area contributed by atoms with Crippen LogP contribution >= 0.6 is 15.9 Å². The van der Waals surface area contributed by atoms with Crippen LogP contribution in [0, 0.1) is 0 Å². The predicted octanol–water partition coefficient (Wildman–Crippen LogP) is 5.04. The number of nitrogens with zero attached hydrogens (tertiary/aromatic N) is 1. The van der Waals surface area contributed by atoms with E-state index in [1.54, 1.807) is 13.3 Å². The molecule has 0 aliphatic carbocycles. The van der Waals surface area contributed by atoms with E-state index in [2.05, 4.69) is 26.2 Å². The average Bonchev–Trinajstić information content (AvgIpc) is 2.67. The molecule has 5 heteroatoms. The van der Waals surface area contributed by atoms with Crippen LogP contribution in [-0.2, 0) is 13.2 Å². The highest BCUT2D eigenvalue weighted by Gasteiger charge is 2.07. The van der Waals surface area contributed by atoms with Crippen LogP contribution in [0.1, 0.15) is 11.1 Å². The maximum atomic E-state index is 5.96. The lowest BCUT2D eigenvalue weighted by molar-refractivity contribution is 0.284. The van der Waals surface area contributed by atoms with Gasteiger partial charge in [-0.05, 0) is 47.5 Å². The Labute approximate surface area is 156 Å².